The Morgan fingerprint density at radius 1 is 1.39 bits per heavy atom. The van der Waals surface area contributed by atoms with Gasteiger partial charge in [0.1, 0.15) is 11.5 Å². The van der Waals surface area contributed by atoms with Crippen LogP contribution in [0.4, 0.5) is 19.0 Å². The molecule has 0 aliphatic carbocycles. The van der Waals surface area contributed by atoms with Crippen molar-refractivity contribution in [3.63, 3.8) is 0 Å². The van der Waals surface area contributed by atoms with Gasteiger partial charge in [0.25, 0.3) is 5.91 Å². The number of aromatic nitrogens is 4. The molecule has 1 amide bonds. The standard InChI is InChI=1S/C18H23F3N6O/c1-3-11-9-15(18(19,20)21)27-16(23-11)10-12(24-27)13-5-4-8-26(13)17(28)14-6-7-22-25(14)2/h6-7,10-11,13,15,23H,3-5,8-9H2,1-2H3/t11-,13?,15-/m1/s1. The molecule has 2 aliphatic heterocycles. The van der Waals surface area contributed by atoms with Crippen LogP contribution in [-0.4, -0.2) is 49.1 Å². The molecule has 3 atom stereocenters. The Kier molecular flexibility index (Phi) is 4.59. The fourth-order valence-corrected chi connectivity index (χ4v) is 4.15. The average molecular weight is 396 g/mol. The van der Waals surface area contributed by atoms with E-state index < -0.39 is 12.2 Å². The highest BCUT2D eigenvalue weighted by Gasteiger charge is 2.46. The molecule has 0 aromatic carbocycles. The summed E-state index contributed by atoms with van der Waals surface area (Å²) in [6.45, 7) is 2.41. The van der Waals surface area contributed by atoms with E-state index in [1.165, 1.54) is 4.68 Å². The lowest BCUT2D eigenvalue weighted by Gasteiger charge is -2.32. The van der Waals surface area contributed by atoms with Gasteiger partial charge in [-0.05, 0) is 31.7 Å². The third kappa shape index (κ3) is 3.14. The van der Waals surface area contributed by atoms with Crippen LogP contribution >= 0.6 is 0 Å². The molecule has 0 saturated carbocycles. The zero-order chi connectivity index (χ0) is 20.1. The minimum absolute atomic E-state index is 0.0452. The number of amides is 1. The van der Waals surface area contributed by atoms with Gasteiger partial charge in [-0.3, -0.25) is 9.48 Å². The number of nitrogens with one attached hydrogen (secondary N) is 1. The maximum atomic E-state index is 13.6. The molecule has 0 spiro atoms. The van der Waals surface area contributed by atoms with Gasteiger partial charge in [0.2, 0.25) is 0 Å². The molecule has 4 heterocycles. The van der Waals surface area contributed by atoms with E-state index in [2.05, 4.69) is 15.5 Å². The van der Waals surface area contributed by atoms with Crippen LogP contribution in [0.5, 0.6) is 0 Å². The number of likely N-dealkylation sites (tertiary alicyclic amines) is 1. The van der Waals surface area contributed by atoms with Gasteiger partial charge in [-0.2, -0.15) is 23.4 Å². The van der Waals surface area contributed by atoms with E-state index in [4.69, 9.17) is 0 Å². The van der Waals surface area contributed by atoms with Crippen molar-refractivity contribution in [1.29, 1.82) is 0 Å². The summed E-state index contributed by atoms with van der Waals surface area (Å²) in [5, 5.41) is 11.5. The predicted molar refractivity (Wildman–Crippen MR) is 95.9 cm³/mol. The Morgan fingerprint density at radius 3 is 2.82 bits per heavy atom. The lowest BCUT2D eigenvalue weighted by Crippen LogP contribution is -2.39. The van der Waals surface area contributed by atoms with E-state index in [1.807, 2.05) is 6.92 Å². The summed E-state index contributed by atoms with van der Waals surface area (Å²) < 4.78 is 43.3. The van der Waals surface area contributed by atoms with E-state index in [0.717, 1.165) is 11.1 Å². The Balaban J connectivity index is 1.66. The number of halogens is 3. The smallest absolute Gasteiger partial charge is 0.367 e. The fourth-order valence-electron chi connectivity index (χ4n) is 4.15. The van der Waals surface area contributed by atoms with Crippen LogP contribution in [0.2, 0.25) is 0 Å². The normalized spacial score (nSPS) is 24.9. The number of fused-ring (bicyclic) bond motifs is 1. The second-order valence-corrected chi connectivity index (χ2v) is 7.44. The zero-order valence-corrected chi connectivity index (χ0v) is 15.8. The molecular weight excluding hydrogens is 373 g/mol. The van der Waals surface area contributed by atoms with Crippen LogP contribution in [0.15, 0.2) is 18.3 Å². The number of hydrogen-bond donors (Lipinski definition) is 1. The first-order valence-corrected chi connectivity index (χ1v) is 9.51. The van der Waals surface area contributed by atoms with Gasteiger partial charge in [0.05, 0.1) is 11.7 Å². The number of carbonyl (C=O) groups excluding carboxylic acids is 1. The number of hydrogen-bond acceptors (Lipinski definition) is 4. The quantitative estimate of drug-likeness (QED) is 0.865. The molecule has 2 aromatic heterocycles. The topological polar surface area (TPSA) is 68.0 Å². The summed E-state index contributed by atoms with van der Waals surface area (Å²) in [5.74, 6) is 0.190. The Labute approximate surface area is 160 Å². The molecule has 1 saturated heterocycles. The maximum Gasteiger partial charge on any atom is 0.410 e. The minimum Gasteiger partial charge on any atom is -0.367 e. The highest BCUT2D eigenvalue weighted by atomic mass is 19.4. The van der Waals surface area contributed by atoms with Crippen molar-refractivity contribution in [1.82, 2.24) is 24.5 Å². The van der Waals surface area contributed by atoms with Crippen LogP contribution in [-0.2, 0) is 7.05 Å². The number of rotatable bonds is 3. The minimum atomic E-state index is -4.37. The molecule has 1 unspecified atom stereocenters. The van der Waals surface area contributed by atoms with Crippen LogP contribution in [0.3, 0.4) is 0 Å². The average Bonchev–Trinajstić information content (AvgIpc) is 3.37. The van der Waals surface area contributed by atoms with Gasteiger partial charge in [-0.15, -0.1) is 0 Å². The molecule has 0 bridgehead atoms. The Morgan fingerprint density at radius 2 is 2.18 bits per heavy atom. The van der Waals surface area contributed by atoms with Crippen molar-refractivity contribution < 1.29 is 18.0 Å². The molecule has 152 valence electrons. The first kappa shape index (κ1) is 18.8. The molecule has 28 heavy (non-hydrogen) atoms. The van der Waals surface area contributed by atoms with Gasteiger partial charge < -0.3 is 10.2 Å². The van der Waals surface area contributed by atoms with Crippen molar-refractivity contribution >= 4 is 11.7 Å². The third-order valence-corrected chi connectivity index (χ3v) is 5.68. The first-order chi connectivity index (χ1) is 13.3. The number of aryl methyl sites for hydroxylation is 1. The summed E-state index contributed by atoms with van der Waals surface area (Å²) in [4.78, 5) is 14.6. The molecule has 4 rings (SSSR count). The van der Waals surface area contributed by atoms with E-state index >= 15 is 0 Å². The first-order valence-electron chi connectivity index (χ1n) is 9.51. The summed E-state index contributed by atoms with van der Waals surface area (Å²) in [6.07, 6.45) is -0.806. The van der Waals surface area contributed by atoms with Crippen LogP contribution < -0.4 is 5.32 Å². The van der Waals surface area contributed by atoms with Crippen molar-refractivity contribution in [2.24, 2.45) is 7.05 Å². The van der Waals surface area contributed by atoms with E-state index in [1.54, 1.807) is 30.3 Å². The molecule has 7 nitrogen and oxygen atoms in total. The summed E-state index contributed by atoms with van der Waals surface area (Å²) in [7, 11) is 1.69. The number of carbonyl (C=O) groups is 1. The maximum absolute atomic E-state index is 13.6. The van der Waals surface area contributed by atoms with Crippen molar-refractivity contribution in [3.8, 4) is 0 Å². The van der Waals surface area contributed by atoms with E-state index in [0.29, 0.717) is 36.6 Å². The Hall–Kier alpha value is -2.52. The highest BCUT2D eigenvalue weighted by molar-refractivity contribution is 5.93. The molecule has 10 heteroatoms. The number of anilines is 1. The third-order valence-electron chi connectivity index (χ3n) is 5.68. The molecule has 2 aromatic rings. The van der Waals surface area contributed by atoms with Crippen LogP contribution in [0.25, 0.3) is 0 Å². The van der Waals surface area contributed by atoms with Gasteiger partial charge in [-0.25, -0.2) is 4.68 Å². The van der Waals surface area contributed by atoms with Crippen LogP contribution in [0.1, 0.15) is 60.9 Å². The SMILES string of the molecule is CC[C@@H]1C[C@H](C(F)(F)F)n2nc(C3CCCN3C(=O)c3ccnn3C)cc2N1. The van der Waals surface area contributed by atoms with Crippen LogP contribution in [0, 0.1) is 0 Å². The second kappa shape index (κ2) is 6.82. The molecule has 1 N–H and O–H groups in total. The largest absolute Gasteiger partial charge is 0.410 e. The molecular formula is C18H23F3N6O. The zero-order valence-electron chi connectivity index (χ0n) is 15.8. The summed E-state index contributed by atoms with van der Waals surface area (Å²) >= 11 is 0. The lowest BCUT2D eigenvalue weighted by atomic mass is 10.0. The van der Waals surface area contributed by atoms with E-state index in [9.17, 15) is 18.0 Å². The predicted octanol–water partition coefficient (Wildman–Crippen LogP) is 3.29. The van der Waals surface area contributed by atoms with Crippen molar-refractivity contribution in [2.75, 3.05) is 11.9 Å². The van der Waals surface area contributed by atoms with Crippen molar-refractivity contribution in [3.05, 3.63) is 29.7 Å². The lowest BCUT2D eigenvalue weighted by molar-refractivity contribution is -0.173. The molecule has 2 aliphatic rings. The van der Waals surface area contributed by atoms with Gasteiger partial charge in [0, 0.05) is 31.9 Å². The van der Waals surface area contributed by atoms with Gasteiger partial charge in [0.15, 0.2) is 6.04 Å². The van der Waals surface area contributed by atoms with Crippen molar-refractivity contribution in [2.45, 2.75) is 56.9 Å². The molecule has 0 radical (unpaired) electrons. The highest BCUT2D eigenvalue weighted by Crippen LogP contribution is 2.42. The summed E-state index contributed by atoms with van der Waals surface area (Å²) in [5.41, 5.74) is 0.953. The van der Waals surface area contributed by atoms with E-state index in [-0.39, 0.29) is 24.4 Å². The Bertz CT molecular complexity index is 873. The molecule has 1 fully saturated rings. The number of alkyl halides is 3. The van der Waals surface area contributed by atoms with Gasteiger partial charge in [-0.1, -0.05) is 6.92 Å². The fraction of sp³-hybridized carbons (Fsp3) is 0.611. The number of nitrogens with zero attached hydrogens (tertiary/aromatic N) is 5. The second-order valence-electron chi connectivity index (χ2n) is 7.44. The summed E-state index contributed by atoms with van der Waals surface area (Å²) in [6, 6.07) is 1.07. The monoisotopic (exact) mass is 396 g/mol. The van der Waals surface area contributed by atoms with Gasteiger partial charge >= 0.3 is 6.18 Å².